The van der Waals surface area contributed by atoms with Crippen LogP contribution in [-0.2, 0) is 4.79 Å². The molecular weight excluding hydrogens is 388 g/mol. The maximum atomic E-state index is 12.9. The molecular formula is C22H20N2O2S2. The van der Waals surface area contributed by atoms with Gasteiger partial charge in [0.2, 0.25) is 0 Å². The van der Waals surface area contributed by atoms with Gasteiger partial charge in [-0.25, -0.2) is 4.98 Å². The molecule has 6 heteroatoms. The van der Waals surface area contributed by atoms with Gasteiger partial charge in [0.05, 0.1) is 16.6 Å². The van der Waals surface area contributed by atoms with Crippen LogP contribution in [0.4, 0.5) is 0 Å². The summed E-state index contributed by atoms with van der Waals surface area (Å²) in [6.45, 7) is 4.90. The van der Waals surface area contributed by atoms with Gasteiger partial charge in [-0.1, -0.05) is 55.9 Å². The first-order chi connectivity index (χ1) is 13.5. The third-order valence-electron chi connectivity index (χ3n) is 4.46. The van der Waals surface area contributed by atoms with Gasteiger partial charge in [-0.15, -0.1) is 11.3 Å². The molecule has 3 aromatic rings. The Morgan fingerprint density at radius 1 is 1.21 bits per heavy atom. The first-order valence-corrected chi connectivity index (χ1v) is 10.8. The number of thiazole rings is 1. The average molecular weight is 409 g/mol. The molecule has 0 spiro atoms. The molecule has 4 nitrogen and oxygen atoms in total. The maximum absolute atomic E-state index is 12.9. The van der Waals surface area contributed by atoms with E-state index in [0.717, 1.165) is 22.1 Å². The van der Waals surface area contributed by atoms with Crippen LogP contribution in [0.5, 0.6) is 5.75 Å². The smallest absolute Gasteiger partial charge is 0.186 e. The lowest BCUT2D eigenvalue weighted by atomic mass is 10.0. The van der Waals surface area contributed by atoms with Crippen LogP contribution in [0.25, 0.3) is 16.8 Å². The molecule has 1 saturated heterocycles. The Hall–Kier alpha value is -2.44. The molecule has 1 atom stereocenters. The number of carbonyl (C=O) groups is 1. The van der Waals surface area contributed by atoms with Crippen LogP contribution in [0, 0.1) is 11.3 Å². The molecule has 1 fully saturated rings. The molecule has 0 saturated carbocycles. The average Bonchev–Trinajstić information content (AvgIpc) is 3.29. The number of hydrogen-bond acceptors (Lipinski definition) is 6. The van der Waals surface area contributed by atoms with Crippen LogP contribution >= 0.6 is 23.1 Å². The number of rotatable bonds is 5. The molecule has 2 heterocycles. The van der Waals surface area contributed by atoms with Crippen LogP contribution in [0.3, 0.4) is 0 Å². The van der Waals surface area contributed by atoms with Crippen molar-refractivity contribution in [1.29, 1.82) is 5.41 Å². The second-order valence-electron chi connectivity index (χ2n) is 7.05. The Bertz CT molecular complexity index is 1070. The maximum Gasteiger partial charge on any atom is 0.186 e. The predicted molar refractivity (Wildman–Crippen MR) is 117 cm³/mol. The first kappa shape index (κ1) is 18.9. The third-order valence-corrected chi connectivity index (χ3v) is 6.30. The Balaban J connectivity index is 1.71. The molecule has 142 valence electrons. The van der Waals surface area contributed by atoms with E-state index in [2.05, 4.69) is 18.8 Å². The summed E-state index contributed by atoms with van der Waals surface area (Å²) in [6, 6.07) is 12.0. The Morgan fingerprint density at radius 3 is 2.71 bits per heavy atom. The number of thioether (sulfide) groups is 1. The lowest BCUT2D eigenvalue weighted by molar-refractivity contribution is -0.114. The number of allylic oxidation sites excluding steroid dienone is 1. The van der Waals surface area contributed by atoms with Crippen molar-refractivity contribution in [2.24, 2.45) is 5.92 Å². The number of ketones is 1. The van der Waals surface area contributed by atoms with E-state index >= 15 is 0 Å². The number of Topliss-reactive ketones (excluding diaryl/α,β-unsaturated/α-hetero) is 1. The summed E-state index contributed by atoms with van der Waals surface area (Å²) < 4.78 is 5.98. The van der Waals surface area contributed by atoms with Gasteiger partial charge in [-0.3, -0.25) is 10.2 Å². The van der Waals surface area contributed by atoms with Crippen LogP contribution < -0.4 is 4.74 Å². The van der Waals surface area contributed by atoms with E-state index in [4.69, 9.17) is 10.1 Å². The van der Waals surface area contributed by atoms with E-state index in [-0.39, 0.29) is 5.78 Å². The van der Waals surface area contributed by atoms with Gasteiger partial charge in [0.25, 0.3) is 0 Å². The largest absolute Gasteiger partial charge is 0.493 e. The van der Waals surface area contributed by atoms with Crippen molar-refractivity contribution in [3.63, 3.8) is 0 Å². The van der Waals surface area contributed by atoms with E-state index in [1.165, 1.54) is 23.1 Å². The zero-order valence-electron chi connectivity index (χ0n) is 15.6. The number of ether oxygens (including phenoxy) is 1. The summed E-state index contributed by atoms with van der Waals surface area (Å²) >= 11 is 2.65. The fourth-order valence-electron chi connectivity index (χ4n) is 3.14. The highest BCUT2D eigenvalue weighted by Crippen LogP contribution is 2.42. The standard InChI is InChI=1S/C22H20N2O2S2/c1-13(2)12-26-17-8-7-14(15-5-3-4-6-16(15)17)11-18-20(25)19(21(23)28-18)22-24-9-10-27-22/h3-11,13,19,23H,12H2,1-2H3/b18-11-,23-21?/t19-/m0/s1. The van der Waals surface area contributed by atoms with Gasteiger partial charge < -0.3 is 4.74 Å². The van der Waals surface area contributed by atoms with Crippen LogP contribution in [-0.4, -0.2) is 22.4 Å². The van der Waals surface area contributed by atoms with Crippen molar-refractivity contribution in [3.8, 4) is 5.75 Å². The highest BCUT2D eigenvalue weighted by molar-refractivity contribution is 8.19. The topological polar surface area (TPSA) is 63.0 Å². The van der Waals surface area contributed by atoms with E-state index in [1.807, 2.05) is 47.9 Å². The number of nitrogens with one attached hydrogen (secondary N) is 1. The molecule has 0 aliphatic carbocycles. The van der Waals surface area contributed by atoms with Gasteiger partial charge in [0.1, 0.15) is 16.7 Å². The van der Waals surface area contributed by atoms with Crippen molar-refractivity contribution in [3.05, 3.63) is 63.5 Å². The van der Waals surface area contributed by atoms with Crippen molar-refractivity contribution in [1.82, 2.24) is 4.98 Å². The van der Waals surface area contributed by atoms with Gasteiger partial charge in [-0.2, -0.15) is 0 Å². The van der Waals surface area contributed by atoms with Gasteiger partial charge in [0, 0.05) is 17.0 Å². The number of hydrogen-bond donors (Lipinski definition) is 1. The number of fused-ring (bicyclic) bond motifs is 1. The second kappa shape index (κ2) is 7.89. The summed E-state index contributed by atoms with van der Waals surface area (Å²) in [4.78, 5) is 17.7. The van der Waals surface area contributed by atoms with E-state index in [1.54, 1.807) is 6.20 Å². The summed E-state index contributed by atoms with van der Waals surface area (Å²) in [5, 5.41) is 13.2. The van der Waals surface area contributed by atoms with Gasteiger partial charge in [-0.05, 0) is 29.0 Å². The zero-order valence-corrected chi connectivity index (χ0v) is 17.3. The molecule has 0 unspecified atom stereocenters. The van der Waals surface area contributed by atoms with Gasteiger partial charge >= 0.3 is 0 Å². The van der Waals surface area contributed by atoms with Crippen LogP contribution in [0.1, 0.15) is 30.3 Å². The molecule has 0 amide bonds. The van der Waals surface area contributed by atoms with E-state index in [0.29, 0.717) is 27.5 Å². The minimum Gasteiger partial charge on any atom is -0.493 e. The number of carbonyl (C=O) groups excluding carboxylic acids is 1. The molecule has 2 aromatic carbocycles. The molecule has 1 aromatic heterocycles. The Kier molecular flexibility index (Phi) is 5.33. The Labute approximate surface area is 172 Å². The molecule has 1 N–H and O–H groups in total. The molecule has 0 radical (unpaired) electrons. The minimum absolute atomic E-state index is 0.0471. The zero-order chi connectivity index (χ0) is 19.7. The van der Waals surface area contributed by atoms with E-state index in [9.17, 15) is 4.79 Å². The summed E-state index contributed by atoms with van der Waals surface area (Å²) in [6.07, 6.45) is 3.57. The van der Waals surface area contributed by atoms with Crippen molar-refractivity contribution < 1.29 is 9.53 Å². The molecule has 1 aliphatic heterocycles. The summed E-state index contributed by atoms with van der Waals surface area (Å²) in [5.74, 6) is 0.692. The highest BCUT2D eigenvalue weighted by atomic mass is 32.2. The fraction of sp³-hybridized carbons (Fsp3) is 0.227. The minimum atomic E-state index is -0.559. The normalized spacial score (nSPS) is 18.5. The van der Waals surface area contributed by atoms with Crippen molar-refractivity contribution >= 4 is 50.8 Å². The number of benzene rings is 2. The lowest BCUT2D eigenvalue weighted by Gasteiger charge is -2.13. The molecule has 0 bridgehead atoms. The summed E-state index contributed by atoms with van der Waals surface area (Å²) in [5.41, 5.74) is 0.955. The number of nitrogens with zero attached hydrogens (tertiary/aromatic N) is 1. The Morgan fingerprint density at radius 2 is 2.00 bits per heavy atom. The van der Waals surface area contributed by atoms with Crippen molar-refractivity contribution in [2.45, 2.75) is 19.8 Å². The lowest BCUT2D eigenvalue weighted by Crippen LogP contribution is -2.11. The quantitative estimate of drug-likeness (QED) is 0.546. The van der Waals surface area contributed by atoms with Crippen LogP contribution in [0.2, 0.25) is 0 Å². The number of aromatic nitrogens is 1. The predicted octanol–water partition coefficient (Wildman–Crippen LogP) is 5.75. The third kappa shape index (κ3) is 3.62. The monoisotopic (exact) mass is 408 g/mol. The van der Waals surface area contributed by atoms with Crippen molar-refractivity contribution in [2.75, 3.05) is 6.61 Å². The SMILES string of the molecule is CC(C)COc1ccc(/C=C2\SC(=N)[C@@H](c3nccs3)C2=O)c2ccccc12. The fourth-order valence-corrected chi connectivity index (χ4v) is 4.93. The van der Waals surface area contributed by atoms with Crippen LogP contribution in [0.15, 0.2) is 52.9 Å². The second-order valence-corrected chi connectivity index (χ2v) is 9.06. The molecule has 4 rings (SSSR count). The van der Waals surface area contributed by atoms with E-state index < -0.39 is 5.92 Å². The van der Waals surface area contributed by atoms with Gasteiger partial charge in [0.15, 0.2) is 5.78 Å². The summed E-state index contributed by atoms with van der Waals surface area (Å²) in [7, 11) is 0. The first-order valence-electron chi connectivity index (χ1n) is 9.10. The highest BCUT2D eigenvalue weighted by Gasteiger charge is 2.38. The molecule has 1 aliphatic rings. The molecule has 28 heavy (non-hydrogen) atoms.